The van der Waals surface area contributed by atoms with E-state index in [4.69, 9.17) is 10.8 Å². The van der Waals surface area contributed by atoms with Crippen molar-refractivity contribution in [3.05, 3.63) is 11.9 Å². The summed E-state index contributed by atoms with van der Waals surface area (Å²) in [6.07, 6.45) is 5.62. The molecule has 1 aliphatic carbocycles. The van der Waals surface area contributed by atoms with Gasteiger partial charge in [0.25, 0.3) is 0 Å². The summed E-state index contributed by atoms with van der Waals surface area (Å²) in [7, 11) is 0. The van der Waals surface area contributed by atoms with E-state index in [1.165, 1.54) is 10.9 Å². The molecule has 1 aromatic rings. The third-order valence-corrected chi connectivity index (χ3v) is 3.53. The molecule has 0 saturated heterocycles. The van der Waals surface area contributed by atoms with Crippen molar-refractivity contribution in [2.75, 3.05) is 6.54 Å². The van der Waals surface area contributed by atoms with Crippen molar-refractivity contribution in [3.63, 3.8) is 0 Å². The van der Waals surface area contributed by atoms with E-state index in [-0.39, 0.29) is 17.1 Å². The summed E-state index contributed by atoms with van der Waals surface area (Å²) in [5.74, 6) is -1.19. The number of carbonyl (C=O) groups excluding carboxylic acids is 1. The number of rotatable bonds is 6. The van der Waals surface area contributed by atoms with Crippen LogP contribution in [0.2, 0.25) is 0 Å². The maximum Gasteiger partial charge on any atom is 0.358 e. The van der Waals surface area contributed by atoms with Crippen LogP contribution in [-0.4, -0.2) is 44.1 Å². The average molecular weight is 281 g/mol. The van der Waals surface area contributed by atoms with Crippen molar-refractivity contribution in [3.8, 4) is 0 Å². The molecule has 1 fully saturated rings. The Morgan fingerprint density at radius 3 is 2.75 bits per heavy atom. The quantitative estimate of drug-likeness (QED) is 0.661. The first-order chi connectivity index (χ1) is 9.48. The van der Waals surface area contributed by atoms with E-state index < -0.39 is 5.97 Å². The van der Waals surface area contributed by atoms with Crippen LogP contribution in [0, 0.1) is 0 Å². The standard InChI is InChI=1S/C12H19N5O3/c13-12(3-1-2-4-12)7-10(18)14-5-6-17-8-9(11(19)20)15-16-17/h8H,1-7,13H2,(H,14,18)(H,19,20). The minimum Gasteiger partial charge on any atom is -0.476 e. The van der Waals surface area contributed by atoms with Crippen molar-refractivity contribution >= 4 is 11.9 Å². The Kier molecular flexibility index (Phi) is 4.33. The van der Waals surface area contributed by atoms with E-state index in [0.717, 1.165) is 25.7 Å². The van der Waals surface area contributed by atoms with E-state index in [2.05, 4.69) is 15.6 Å². The molecule has 110 valence electrons. The van der Waals surface area contributed by atoms with Gasteiger partial charge >= 0.3 is 5.97 Å². The molecule has 1 amide bonds. The van der Waals surface area contributed by atoms with Gasteiger partial charge in [-0.05, 0) is 12.8 Å². The summed E-state index contributed by atoms with van der Waals surface area (Å²) in [6.45, 7) is 0.751. The molecule has 0 aromatic carbocycles. The number of carboxylic acids is 1. The highest BCUT2D eigenvalue weighted by atomic mass is 16.4. The number of aromatic nitrogens is 3. The molecule has 0 aliphatic heterocycles. The summed E-state index contributed by atoms with van der Waals surface area (Å²) in [5.41, 5.74) is 5.66. The van der Waals surface area contributed by atoms with Crippen LogP contribution in [0.4, 0.5) is 0 Å². The van der Waals surface area contributed by atoms with Gasteiger partial charge in [-0.25, -0.2) is 9.48 Å². The van der Waals surface area contributed by atoms with E-state index in [9.17, 15) is 9.59 Å². The van der Waals surface area contributed by atoms with E-state index in [1.54, 1.807) is 0 Å². The zero-order valence-corrected chi connectivity index (χ0v) is 11.2. The number of nitrogens with zero attached hydrogens (tertiary/aromatic N) is 3. The summed E-state index contributed by atoms with van der Waals surface area (Å²) in [4.78, 5) is 22.4. The fourth-order valence-corrected chi connectivity index (χ4v) is 2.45. The summed E-state index contributed by atoms with van der Waals surface area (Å²) in [6, 6.07) is 0. The topological polar surface area (TPSA) is 123 Å². The first-order valence-electron chi connectivity index (χ1n) is 6.68. The molecule has 0 radical (unpaired) electrons. The highest BCUT2D eigenvalue weighted by molar-refractivity contribution is 5.84. The zero-order chi connectivity index (χ0) is 14.6. The molecular formula is C12H19N5O3. The van der Waals surface area contributed by atoms with Gasteiger partial charge < -0.3 is 16.2 Å². The lowest BCUT2D eigenvalue weighted by atomic mass is 9.94. The Bertz CT molecular complexity index is 493. The molecule has 1 aliphatic rings. The smallest absolute Gasteiger partial charge is 0.358 e. The lowest BCUT2D eigenvalue weighted by molar-refractivity contribution is -0.122. The van der Waals surface area contributed by atoms with Gasteiger partial charge in [0, 0.05) is 18.5 Å². The Labute approximate surface area is 116 Å². The van der Waals surface area contributed by atoms with Crippen LogP contribution in [0.5, 0.6) is 0 Å². The van der Waals surface area contributed by atoms with Crippen LogP contribution >= 0.6 is 0 Å². The number of hydrogen-bond donors (Lipinski definition) is 3. The second-order valence-electron chi connectivity index (χ2n) is 5.27. The number of aromatic carboxylic acids is 1. The molecule has 0 spiro atoms. The molecule has 1 saturated carbocycles. The molecular weight excluding hydrogens is 262 g/mol. The van der Waals surface area contributed by atoms with Gasteiger partial charge in [-0.15, -0.1) is 5.10 Å². The lowest BCUT2D eigenvalue weighted by Crippen LogP contribution is -2.42. The predicted molar refractivity (Wildman–Crippen MR) is 70.0 cm³/mol. The van der Waals surface area contributed by atoms with Crippen molar-refractivity contribution in [2.45, 2.75) is 44.2 Å². The Morgan fingerprint density at radius 2 is 2.15 bits per heavy atom. The number of carboxylic acid groups (broad SMARTS) is 1. The third kappa shape index (κ3) is 3.77. The number of amides is 1. The molecule has 0 bridgehead atoms. The van der Waals surface area contributed by atoms with E-state index >= 15 is 0 Å². The normalized spacial score (nSPS) is 17.1. The first kappa shape index (κ1) is 14.4. The van der Waals surface area contributed by atoms with Crippen LogP contribution in [0.25, 0.3) is 0 Å². The summed E-state index contributed by atoms with van der Waals surface area (Å²) < 4.78 is 1.39. The zero-order valence-electron chi connectivity index (χ0n) is 11.2. The molecule has 0 unspecified atom stereocenters. The van der Waals surface area contributed by atoms with Crippen molar-refractivity contribution in [1.82, 2.24) is 20.3 Å². The van der Waals surface area contributed by atoms with Crippen molar-refractivity contribution in [2.24, 2.45) is 5.73 Å². The largest absolute Gasteiger partial charge is 0.476 e. The van der Waals surface area contributed by atoms with Crippen LogP contribution in [0.1, 0.15) is 42.6 Å². The molecule has 20 heavy (non-hydrogen) atoms. The van der Waals surface area contributed by atoms with Crippen molar-refractivity contribution in [1.29, 1.82) is 0 Å². The van der Waals surface area contributed by atoms with Gasteiger partial charge in [-0.3, -0.25) is 4.79 Å². The number of carbonyl (C=O) groups is 2. The SMILES string of the molecule is NC1(CC(=O)NCCn2cc(C(=O)O)nn2)CCCC1. The van der Waals surface area contributed by atoms with Crippen LogP contribution < -0.4 is 11.1 Å². The minimum atomic E-state index is -1.12. The van der Waals surface area contributed by atoms with Gasteiger partial charge in [-0.1, -0.05) is 18.1 Å². The lowest BCUT2D eigenvalue weighted by Gasteiger charge is -2.22. The highest BCUT2D eigenvalue weighted by Crippen LogP contribution is 2.29. The van der Waals surface area contributed by atoms with E-state index in [1.807, 2.05) is 0 Å². The summed E-state index contributed by atoms with van der Waals surface area (Å²) >= 11 is 0. The molecule has 1 aromatic heterocycles. The molecule has 8 heteroatoms. The molecule has 1 heterocycles. The molecule has 8 nitrogen and oxygen atoms in total. The Balaban J connectivity index is 1.72. The predicted octanol–water partition coefficient (Wildman–Crippen LogP) is -0.246. The molecule has 0 atom stereocenters. The Morgan fingerprint density at radius 1 is 1.45 bits per heavy atom. The molecule has 2 rings (SSSR count). The number of nitrogens with two attached hydrogens (primary N) is 1. The van der Waals surface area contributed by atoms with Crippen LogP contribution in [0.3, 0.4) is 0 Å². The maximum absolute atomic E-state index is 11.8. The van der Waals surface area contributed by atoms with Gasteiger partial charge in [0.05, 0.1) is 12.7 Å². The second kappa shape index (κ2) is 6.00. The molecule has 4 N–H and O–H groups in total. The third-order valence-electron chi connectivity index (χ3n) is 3.53. The number of nitrogens with one attached hydrogen (secondary N) is 1. The fourth-order valence-electron chi connectivity index (χ4n) is 2.45. The average Bonchev–Trinajstić information content (AvgIpc) is 2.98. The first-order valence-corrected chi connectivity index (χ1v) is 6.68. The van der Waals surface area contributed by atoms with Gasteiger partial charge in [0.15, 0.2) is 5.69 Å². The van der Waals surface area contributed by atoms with Crippen LogP contribution in [-0.2, 0) is 11.3 Å². The van der Waals surface area contributed by atoms with Gasteiger partial charge in [0.1, 0.15) is 0 Å². The van der Waals surface area contributed by atoms with E-state index in [0.29, 0.717) is 19.5 Å². The minimum absolute atomic E-state index is 0.0760. The monoisotopic (exact) mass is 281 g/mol. The number of hydrogen-bond acceptors (Lipinski definition) is 5. The maximum atomic E-state index is 11.8. The second-order valence-corrected chi connectivity index (χ2v) is 5.27. The van der Waals surface area contributed by atoms with Gasteiger partial charge in [0.2, 0.25) is 5.91 Å². The summed E-state index contributed by atoms with van der Waals surface area (Å²) in [5, 5.41) is 18.6. The highest BCUT2D eigenvalue weighted by Gasteiger charge is 2.31. The Hall–Kier alpha value is -1.96. The van der Waals surface area contributed by atoms with Gasteiger partial charge in [-0.2, -0.15) is 0 Å². The van der Waals surface area contributed by atoms with Crippen molar-refractivity contribution < 1.29 is 14.7 Å². The fraction of sp³-hybridized carbons (Fsp3) is 0.667. The van der Waals surface area contributed by atoms with Crippen LogP contribution in [0.15, 0.2) is 6.20 Å².